The van der Waals surface area contributed by atoms with Crippen LogP contribution in [0.25, 0.3) is 0 Å². The zero-order chi connectivity index (χ0) is 22.4. The highest BCUT2D eigenvalue weighted by atomic mass is 35.5. The summed E-state index contributed by atoms with van der Waals surface area (Å²) >= 11 is 5.80. The number of hydrogen-bond donors (Lipinski definition) is 0. The molecule has 1 saturated heterocycles. The number of pyridine rings is 1. The number of hydrogen-bond acceptors (Lipinski definition) is 3. The standard InChI is InChI=1S/C25H30ClN3O2/c1-24(2)11-20-12-25(3,15-24)16-29(20)23(31)18-7-5-17(6-8-18)14-28(4)22(30)19-9-10-21(26)27-13-19/h5-10,13,20H,11-12,14-16H2,1-4H3/t20-,25?/m1/s1. The van der Waals surface area contributed by atoms with Gasteiger partial charge in [-0.05, 0) is 59.9 Å². The molecule has 31 heavy (non-hydrogen) atoms. The van der Waals surface area contributed by atoms with Crippen LogP contribution in [0.15, 0.2) is 42.6 Å². The summed E-state index contributed by atoms with van der Waals surface area (Å²) in [5.74, 6) is -0.000774. The van der Waals surface area contributed by atoms with Gasteiger partial charge >= 0.3 is 0 Å². The Morgan fingerprint density at radius 1 is 1.10 bits per heavy atom. The van der Waals surface area contributed by atoms with E-state index in [1.807, 2.05) is 24.3 Å². The molecule has 2 amide bonds. The maximum absolute atomic E-state index is 13.2. The highest BCUT2D eigenvalue weighted by molar-refractivity contribution is 6.29. The van der Waals surface area contributed by atoms with Gasteiger partial charge in [-0.2, -0.15) is 0 Å². The highest BCUT2D eigenvalue weighted by Gasteiger charge is 2.50. The van der Waals surface area contributed by atoms with Gasteiger partial charge in [-0.15, -0.1) is 0 Å². The highest BCUT2D eigenvalue weighted by Crippen LogP contribution is 2.52. The first-order valence-corrected chi connectivity index (χ1v) is 11.2. The summed E-state index contributed by atoms with van der Waals surface area (Å²) in [5.41, 5.74) is 2.70. The lowest BCUT2D eigenvalue weighted by atomic mass is 9.65. The monoisotopic (exact) mass is 439 g/mol. The van der Waals surface area contributed by atoms with Gasteiger partial charge < -0.3 is 9.80 Å². The summed E-state index contributed by atoms with van der Waals surface area (Å²) in [5, 5.41) is 0.360. The summed E-state index contributed by atoms with van der Waals surface area (Å²) < 4.78 is 0. The van der Waals surface area contributed by atoms with Crippen LogP contribution >= 0.6 is 11.6 Å². The van der Waals surface area contributed by atoms with E-state index in [0.29, 0.717) is 28.9 Å². The maximum Gasteiger partial charge on any atom is 0.255 e. The molecule has 0 radical (unpaired) electrons. The average molecular weight is 440 g/mol. The zero-order valence-corrected chi connectivity index (χ0v) is 19.4. The number of fused-ring (bicyclic) bond motifs is 2. The van der Waals surface area contributed by atoms with Crippen LogP contribution in [0.4, 0.5) is 0 Å². The first-order valence-electron chi connectivity index (χ1n) is 10.8. The van der Waals surface area contributed by atoms with Crippen molar-refractivity contribution >= 4 is 23.4 Å². The molecule has 1 aliphatic carbocycles. The van der Waals surface area contributed by atoms with Crippen molar-refractivity contribution in [1.82, 2.24) is 14.8 Å². The van der Waals surface area contributed by atoms with Gasteiger partial charge in [0.15, 0.2) is 0 Å². The smallest absolute Gasteiger partial charge is 0.255 e. The fourth-order valence-corrected chi connectivity index (χ4v) is 5.80. The second-order valence-corrected chi connectivity index (χ2v) is 10.8. The Morgan fingerprint density at radius 3 is 2.42 bits per heavy atom. The van der Waals surface area contributed by atoms with Crippen molar-refractivity contribution in [2.45, 2.75) is 52.6 Å². The van der Waals surface area contributed by atoms with Crippen LogP contribution in [-0.4, -0.2) is 46.2 Å². The molecule has 0 N–H and O–H groups in total. The number of halogens is 1. The fourth-order valence-electron chi connectivity index (χ4n) is 5.68. The molecule has 1 saturated carbocycles. The second-order valence-electron chi connectivity index (χ2n) is 10.4. The van der Waals surface area contributed by atoms with E-state index in [-0.39, 0.29) is 22.6 Å². The largest absolute Gasteiger partial charge is 0.337 e. The van der Waals surface area contributed by atoms with Gasteiger partial charge in [-0.1, -0.05) is 44.5 Å². The Morgan fingerprint density at radius 2 is 1.77 bits per heavy atom. The summed E-state index contributed by atoms with van der Waals surface area (Å²) in [4.78, 5) is 33.5. The van der Waals surface area contributed by atoms with Crippen molar-refractivity contribution in [2.75, 3.05) is 13.6 Å². The van der Waals surface area contributed by atoms with Crippen LogP contribution in [0.5, 0.6) is 0 Å². The first-order chi connectivity index (χ1) is 14.6. The number of nitrogens with zero attached hydrogens (tertiary/aromatic N) is 3. The molecule has 0 spiro atoms. The zero-order valence-electron chi connectivity index (χ0n) is 18.7. The third-order valence-corrected chi connectivity index (χ3v) is 6.84. The minimum Gasteiger partial charge on any atom is -0.337 e. The maximum atomic E-state index is 13.2. The summed E-state index contributed by atoms with van der Waals surface area (Å²) in [6, 6.07) is 11.3. The molecule has 6 heteroatoms. The van der Waals surface area contributed by atoms with E-state index in [0.717, 1.165) is 24.9 Å². The van der Waals surface area contributed by atoms with Crippen LogP contribution in [0.3, 0.4) is 0 Å². The summed E-state index contributed by atoms with van der Waals surface area (Å²) in [6.07, 6.45) is 4.82. The van der Waals surface area contributed by atoms with Crippen molar-refractivity contribution in [2.24, 2.45) is 10.8 Å². The molecule has 2 bridgehead atoms. The van der Waals surface area contributed by atoms with Crippen molar-refractivity contribution in [3.05, 3.63) is 64.4 Å². The molecule has 2 aromatic rings. The molecule has 1 aromatic carbocycles. The van der Waals surface area contributed by atoms with E-state index >= 15 is 0 Å². The van der Waals surface area contributed by atoms with Crippen LogP contribution in [0.1, 0.15) is 66.3 Å². The number of likely N-dealkylation sites (tertiary alicyclic amines) is 1. The summed E-state index contributed by atoms with van der Waals surface area (Å²) in [7, 11) is 1.75. The van der Waals surface area contributed by atoms with Crippen molar-refractivity contribution in [3.8, 4) is 0 Å². The van der Waals surface area contributed by atoms with E-state index in [4.69, 9.17) is 11.6 Å². The van der Waals surface area contributed by atoms with Crippen LogP contribution < -0.4 is 0 Å². The summed E-state index contributed by atoms with van der Waals surface area (Å²) in [6.45, 7) is 8.25. The van der Waals surface area contributed by atoms with Gasteiger partial charge in [0.2, 0.25) is 0 Å². The molecule has 2 aliphatic rings. The number of aromatic nitrogens is 1. The molecule has 2 fully saturated rings. The third kappa shape index (κ3) is 4.62. The number of rotatable bonds is 4. The molecule has 2 atom stereocenters. The Kier molecular flexibility index (Phi) is 5.59. The molecular formula is C25H30ClN3O2. The van der Waals surface area contributed by atoms with Crippen molar-refractivity contribution in [3.63, 3.8) is 0 Å². The fraction of sp³-hybridized carbons (Fsp3) is 0.480. The molecule has 1 aromatic heterocycles. The normalized spacial score (nSPS) is 24.2. The molecule has 164 valence electrons. The minimum atomic E-state index is -0.121. The average Bonchev–Trinajstić information content (AvgIpc) is 2.96. The van der Waals surface area contributed by atoms with Gasteiger partial charge in [0.05, 0.1) is 5.56 Å². The van der Waals surface area contributed by atoms with Gasteiger partial charge in [-0.25, -0.2) is 4.98 Å². The number of amides is 2. The van der Waals surface area contributed by atoms with Crippen molar-refractivity contribution in [1.29, 1.82) is 0 Å². The van der Waals surface area contributed by atoms with E-state index in [9.17, 15) is 9.59 Å². The first kappa shape index (κ1) is 21.8. The van der Waals surface area contributed by atoms with Crippen LogP contribution in [0.2, 0.25) is 5.15 Å². The quantitative estimate of drug-likeness (QED) is 0.626. The van der Waals surface area contributed by atoms with Gasteiger partial charge in [0, 0.05) is 37.9 Å². The minimum absolute atomic E-state index is 0.120. The second kappa shape index (κ2) is 7.94. The lowest BCUT2D eigenvalue weighted by molar-refractivity contribution is 0.0707. The van der Waals surface area contributed by atoms with Crippen molar-refractivity contribution < 1.29 is 9.59 Å². The molecule has 1 aliphatic heterocycles. The Balaban J connectivity index is 1.42. The van der Waals surface area contributed by atoms with E-state index < -0.39 is 0 Å². The predicted molar refractivity (Wildman–Crippen MR) is 122 cm³/mol. The van der Waals surface area contributed by atoms with E-state index in [1.165, 1.54) is 12.6 Å². The van der Waals surface area contributed by atoms with Crippen LogP contribution in [-0.2, 0) is 6.54 Å². The van der Waals surface area contributed by atoms with E-state index in [1.54, 1.807) is 24.1 Å². The SMILES string of the molecule is CN(Cc1ccc(C(=O)N2CC3(C)C[C@H]2CC(C)(C)C3)cc1)C(=O)c1ccc(Cl)nc1. The molecule has 4 rings (SSSR count). The molecule has 5 nitrogen and oxygen atoms in total. The number of benzene rings is 1. The topological polar surface area (TPSA) is 53.5 Å². The molecule has 2 heterocycles. The Labute approximate surface area is 189 Å². The lowest BCUT2D eigenvalue weighted by Gasteiger charge is -2.39. The van der Waals surface area contributed by atoms with Gasteiger partial charge in [0.25, 0.3) is 11.8 Å². The van der Waals surface area contributed by atoms with Crippen LogP contribution in [0, 0.1) is 10.8 Å². The number of carbonyl (C=O) groups excluding carboxylic acids is 2. The Hall–Kier alpha value is -2.40. The molecular weight excluding hydrogens is 410 g/mol. The molecule has 1 unspecified atom stereocenters. The number of carbonyl (C=O) groups is 2. The van der Waals surface area contributed by atoms with E-state index in [2.05, 4.69) is 30.7 Å². The van der Waals surface area contributed by atoms with Gasteiger partial charge in [-0.3, -0.25) is 9.59 Å². The van der Waals surface area contributed by atoms with Gasteiger partial charge in [0.1, 0.15) is 5.15 Å². The Bertz CT molecular complexity index is 987. The predicted octanol–water partition coefficient (Wildman–Crippen LogP) is 5.05. The lowest BCUT2D eigenvalue weighted by Crippen LogP contribution is -2.37. The third-order valence-electron chi connectivity index (χ3n) is 6.62.